The molecule has 0 radical (unpaired) electrons. The highest BCUT2D eigenvalue weighted by molar-refractivity contribution is 5.91. The molecule has 0 aromatic heterocycles. The molecule has 19 heavy (non-hydrogen) atoms. The van der Waals surface area contributed by atoms with Gasteiger partial charge < -0.3 is 9.84 Å². The van der Waals surface area contributed by atoms with Crippen LogP contribution in [0.15, 0.2) is 36.4 Å². The molecule has 1 N–H and O–H groups in total. The molecular formula is C16H20O3. The van der Waals surface area contributed by atoms with Crippen LogP contribution >= 0.6 is 0 Å². The highest BCUT2D eigenvalue weighted by atomic mass is 16.5. The minimum absolute atomic E-state index is 0.310. The van der Waals surface area contributed by atoms with Gasteiger partial charge in [0.2, 0.25) is 0 Å². The summed E-state index contributed by atoms with van der Waals surface area (Å²) >= 11 is 0. The van der Waals surface area contributed by atoms with Crippen molar-refractivity contribution in [3.63, 3.8) is 0 Å². The van der Waals surface area contributed by atoms with Gasteiger partial charge in [-0.1, -0.05) is 51.1 Å². The van der Waals surface area contributed by atoms with Crippen molar-refractivity contribution in [1.82, 2.24) is 0 Å². The molecule has 2 aromatic rings. The number of aliphatic carboxylic acids is 1. The molecule has 0 aliphatic rings. The fourth-order valence-corrected chi connectivity index (χ4v) is 1.92. The highest BCUT2D eigenvalue weighted by Gasteiger charge is 2.06. The average molecular weight is 260 g/mol. The van der Waals surface area contributed by atoms with E-state index >= 15 is 0 Å². The topological polar surface area (TPSA) is 46.5 Å². The van der Waals surface area contributed by atoms with Gasteiger partial charge in [0.05, 0.1) is 0 Å². The van der Waals surface area contributed by atoms with Gasteiger partial charge in [0.25, 0.3) is 0 Å². The second kappa shape index (κ2) is 7.41. The number of carboxylic acids is 1. The van der Waals surface area contributed by atoms with Crippen molar-refractivity contribution in [3.8, 4) is 5.75 Å². The Morgan fingerprint density at radius 3 is 2.37 bits per heavy atom. The molecule has 2 rings (SSSR count). The normalized spacial score (nSPS) is 9.63. The van der Waals surface area contributed by atoms with Crippen LogP contribution in [0, 0.1) is 0 Å². The number of aryl methyl sites for hydroxylation is 1. The zero-order valence-corrected chi connectivity index (χ0v) is 11.6. The molecule has 0 saturated heterocycles. The Morgan fingerprint density at radius 2 is 1.74 bits per heavy atom. The van der Waals surface area contributed by atoms with Crippen LogP contribution in [0.5, 0.6) is 5.75 Å². The lowest BCUT2D eigenvalue weighted by Crippen LogP contribution is -2.09. The fourth-order valence-electron chi connectivity index (χ4n) is 1.92. The molecule has 0 bridgehead atoms. The standard InChI is InChI=1S/C14H14O3.C2H6/c1-2-10-5-3-7-12-11(10)6-4-8-13(12)17-9-14(15)16;1-2/h3-8H,2,9H2,1H3,(H,15,16);1-2H3. The molecular weight excluding hydrogens is 240 g/mol. The van der Waals surface area contributed by atoms with Crippen LogP contribution in [-0.2, 0) is 11.2 Å². The van der Waals surface area contributed by atoms with Gasteiger partial charge in [-0.2, -0.15) is 0 Å². The number of rotatable bonds is 4. The van der Waals surface area contributed by atoms with Gasteiger partial charge in [-0.15, -0.1) is 0 Å². The van der Waals surface area contributed by atoms with Gasteiger partial charge in [0, 0.05) is 5.39 Å². The molecule has 0 heterocycles. The van der Waals surface area contributed by atoms with Crippen LogP contribution in [0.3, 0.4) is 0 Å². The van der Waals surface area contributed by atoms with E-state index in [2.05, 4.69) is 13.0 Å². The molecule has 102 valence electrons. The summed E-state index contributed by atoms with van der Waals surface area (Å²) in [6.07, 6.45) is 0.944. The molecule has 0 saturated carbocycles. The van der Waals surface area contributed by atoms with Crippen LogP contribution in [0.4, 0.5) is 0 Å². The maximum Gasteiger partial charge on any atom is 0.341 e. The van der Waals surface area contributed by atoms with E-state index in [1.54, 1.807) is 6.07 Å². The molecule has 0 spiro atoms. The second-order valence-corrected chi connectivity index (χ2v) is 3.80. The molecule has 0 amide bonds. The molecule has 0 unspecified atom stereocenters. The predicted octanol–water partition coefficient (Wildman–Crippen LogP) is 3.89. The summed E-state index contributed by atoms with van der Waals surface area (Å²) in [5.41, 5.74) is 1.24. The van der Waals surface area contributed by atoms with Crippen molar-refractivity contribution < 1.29 is 14.6 Å². The Morgan fingerprint density at radius 1 is 1.11 bits per heavy atom. The van der Waals surface area contributed by atoms with Gasteiger partial charge in [0.1, 0.15) is 5.75 Å². The summed E-state index contributed by atoms with van der Waals surface area (Å²) in [6, 6.07) is 11.7. The lowest BCUT2D eigenvalue weighted by molar-refractivity contribution is -0.139. The third-order valence-corrected chi connectivity index (χ3v) is 2.70. The molecule has 3 nitrogen and oxygen atoms in total. The maximum atomic E-state index is 10.5. The van der Waals surface area contributed by atoms with E-state index in [4.69, 9.17) is 9.84 Å². The smallest absolute Gasteiger partial charge is 0.341 e. The molecule has 0 atom stereocenters. The summed E-state index contributed by atoms with van der Waals surface area (Å²) in [5, 5.41) is 10.7. The second-order valence-electron chi connectivity index (χ2n) is 3.80. The van der Waals surface area contributed by atoms with Crippen molar-refractivity contribution in [2.75, 3.05) is 6.61 Å². The van der Waals surface area contributed by atoms with E-state index in [-0.39, 0.29) is 6.61 Å². The van der Waals surface area contributed by atoms with Crippen molar-refractivity contribution in [1.29, 1.82) is 0 Å². The van der Waals surface area contributed by atoms with Gasteiger partial charge in [-0.05, 0) is 23.4 Å². The van der Waals surface area contributed by atoms with E-state index in [0.29, 0.717) is 5.75 Å². The zero-order valence-electron chi connectivity index (χ0n) is 11.6. The number of benzene rings is 2. The third-order valence-electron chi connectivity index (χ3n) is 2.70. The van der Waals surface area contributed by atoms with Crippen molar-refractivity contribution in [2.24, 2.45) is 0 Å². The van der Waals surface area contributed by atoms with Crippen LogP contribution in [0.1, 0.15) is 26.3 Å². The van der Waals surface area contributed by atoms with Gasteiger partial charge in [0.15, 0.2) is 6.61 Å². The molecule has 3 heteroatoms. The summed E-state index contributed by atoms with van der Waals surface area (Å²) < 4.78 is 5.28. The maximum absolute atomic E-state index is 10.5. The quantitative estimate of drug-likeness (QED) is 0.907. The zero-order chi connectivity index (χ0) is 14.3. The van der Waals surface area contributed by atoms with Crippen molar-refractivity contribution >= 4 is 16.7 Å². The number of ether oxygens (including phenoxy) is 1. The first-order valence-corrected chi connectivity index (χ1v) is 6.57. The Balaban J connectivity index is 0.000000861. The van der Waals surface area contributed by atoms with E-state index in [1.807, 2.05) is 38.1 Å². The minimum atomic E-state index is -0.964. The van der Waals surface area contributed by atoms with Gasteiger partial charge >= 0.3 is 5.97 Å². The minimum Gasteiger partial charge on any atom is -0.481 e. The number of hydrogen-bond acceptors (Lipinski definition) is 2. The summed E-state index contributed by atoms with van der Waals surface area (Å²) in [7, 11) is 0. The van der Waals surface area contributed by atoms with Gasteiger partial charge in [-0.3, -0.25) is 0 Å². The first-order valence-electron chi connectivity index (χ1n) is 6.57. The first kappa shape index (κ1) is 15.0. The van der Waals surface area contributed by atoms with Crippen LogP contribution in [-0.4, -0.2) is 17.7 Å². The lowest BCUT2D eigenvalue weighted by atomic mass is 10.0. The number of carbonyl (C=O) groups is 1. The molecule has 0 aliphatic heterocycles. The summed E-state index contributed by atoms with van der Waals surface area (Å²) in [6.45, 7) is 5.79. The number of carboxylic acid groups (broad SMARTS) is 1. The average Bonchev–Trinajstić information content (AvgIpc) is 2.46. The van der Waals surface area contributed by atoms with E-state index in [1.165, 1.54) is 5.56 Å². The number of hydrogen-bond donors (Lipinski definition) is 1. The third kappa shape index (κ3) is 3.71. The predicted molar refractivity (Wildman–Crippen MR) is 77.8 cm³/mol. The Bertz CT molecular complexity index is 547. The van der Waals surface area contributed by atoms with Crippen LogP contribution in [0.25, 0.3) is 10.8 Å². The molecule has 0 aliphatic carbocycles. The lowest BCUT2D eigenvalue weighted by Gasteiger charge is -2.09. The summed E-state index contributed by atoms with van der Waals surface area (Å²) in [5.74, 6) is -0.339. The Labute approximate surface area is 113 Å². The van der Waals surface area contributed by atoms with E-state index < -0.39 is 5.97 Å². The monoisotopic (exact) mass is 260 g/mol. The van der Waals surface area contributed by atoms with Crippen molar-refractivity contribution in [2.45, 2.75) is 27.2 Å². The van der Waals surface area contributed by atoms with E-state index in [0.717, 1.165) is 17.2 Å². The Kier molecular flexibility index (Phi) is 5.86. The van der Waals surface area contributed by atoms with Crippen molar-refractivity contribution in [3.05, 3.63) is 42.0 Å². The molecule has 2 aromatic carbocycles. The number of fused-ring (bicyclic) bond motifs is 1. The largest absolute Gasteiger partial charge is 0.481 e. The van der Waals surface area contributed by atoms with Gasteiger partial charge in [-0.25, -0.2) is 4.79 Å². The molecule has 0 fully saturated rings. The Hall–Kier alpha value is -2.03. The first-order chi connectivity index (χ1) is 9.22. The SMILES string of the molecule is CC.CCc1cccc2c(OCC(=O)O)cccc12. The summed E-state index contributed by atoms with van der Waals surface area (Å²) in [4.78, 5) is 10.5. The highest BCUT2D eigenvalue weighted by Crippen LogP contribution is 2.28. The fraction of sp³-hybridized carbons (Fsp3) is 0.312. The van der Waals surface area contributed by atoms with E-state index in [9.17, 15) is 4.79 Å². The van der Waals surface area contributed by atoms with Crippen LogP contribution in [0.2, 0.25) is 0 Å². The van der Waals surface area contributed by atoms with Crippen LogP contribution < -0.4 is 4.74 Å².